The van der Waals surface area contributed by atoms with Crippen LogP contribution in [0.1, 0.15) is 36.8 Å². The summed E-state index contributed by atoms with van der Waals surface area (Å²) in [4.78, 5) is 14.7. The van der Waals surface area contributed by atoms with Crippen molar-refractivity contribution in [2.24, 2.45) is 0 Å². The highest BCUT2D eigenvalue weighted by atomic mass is 32.2. The third kappa shape index (κ3) is 4.79. The Hall–Kier alpha value is -2.74. The van der Waals surface area contributed by atoms with Crippen molar-refractivity contribution in [1.29, 1.82) is 0 Å². The average Bonchev–Trinajstić information content (AvgIpc) is 3.04. The number of aryl methyl sites for hydroxylation is 2. The molecular weight excluding hydrogens is 416 g/mol. The molecule has 4 rings (SSSR count). The van der Waals surface area contributed by atoms with E-state index in [1.54, 1.807) is 18.2 Å². The Balaban J connectivity index is 1.48. The van der Waals surface area contributed by atoms with E-state index >= 15 is 0 Å². The number of amides is 1. The number of nitrogens with zero attached hydrogens (tertiary/aromatic N) is 1. The number of rotatable bonds is 4. The van der Waals surface area contributed by atoms with Gasteiger partial charge < -0.3 is 14.4 Å². The summed E-state index contributed by atoms with van der Waals surface area (Å²) in [7, 11) is -3.79. The topological polar surface area (TPSA) is 84.9 Å². The van der Waals surface area contributed by atoms with E-state index in [1.165, 1.54) is 12.1 Å². The van der Waals surface area contributed by atoms with E-state index in [2.05, 4.69) is 4.72 Å². The summed E-state index contributed by atoms with van der Waals surface area (Å²) < 4.78 is 39.9. The van der Waals surface area contributed by atoms with Crippen molar-refractivity contribution in [1.82, 2.24) is 4.90 Å². The zero-order valence-corrected chi connectivity index (χ0v) is 18.7. The van der Waals surface area contributed by atoms with E-state index in [0.717, 1.165) is 49.9 Å². The zero-order chi connectivity index (χ0) is 22.0. The largest absolute Gasteiger partial charge is 0.485 e. The second-order valence-corrected chi connectivity index (χ2v) is 9.85. The van der Waals surface area contributed by atoms with Crippen LogP contribution >= 0.6 is 0 Å². The van der Waals surface area contributed by atoms with Crippen molar-refractivity contribution >= 4 is 21.6 Å². The molecule has 2 aromatic carbocycles. The smallest absolute Gasteiger partial charge is 0.267 e. The summed E-state index contributed by atoms with van der Waals surface area (Å²) in [5.74, 6) is 0.632. The van der Waals surface area contributed by atoms with E-state index in [1.807, 2.05) is 24.8 Å². The summed E-state index contributed by atoms with van der Waals surface area (Å²) in [5, 5.41) is 0. The van der Waals surface area contributed by atoms with E-state index < -0.39 is 16.1 Å². The van der Waals surface area contributed by atoms with Crippen LogP contribution in [0.25, 0.3) is 0 Å². The van der Waals surface area contributed by atoms with Gasteiger partial charge in [-0.25, -0.2) is 8.42 Å². The van der Waals surface area contributed by atoms with Crippen molar-refractivity contribution in [2.45, 2.75) is 50.5 Å². The van der Waals surface area contributed by atoms with Gasteiger partial charge in [-0.05, 0) is 62.1 Å². The van der Waals surface area contributed by atoms with Crippen molar-refractivity contribution in [3.05, 3.63) is 47.5 Å². The highest BCUT2D eigenvalue weighted by molar-refractivity contribution is 7.92. The summed E-state index contributed by atoms with van der Waals surface area (Å²) in [5.41, 5.74) is 2.59. The maximum atomic E-state index is 12.8. The molecule has 0 spiro atoms. The summed E-state index contributed by atoms with van der Waals surface area (Å²) >= 11 is 0. The number of hydrogen-bond donors (Lipinski definition) is 1. The van der Waals surface area contributed by atoms with Crippen molar-refractivity contribution in [3.8, 4) is 11.5 Å². The van der Waals surface area contributed by atoms with E-state index in [9.17, 15) is 13.2 Å². The molecular formula is C23H28N2O5S. The molecule has 2 heterocycles. The summed E-state index contributed by atoms with van der Waals surface area (Å²) in [6.45, 7) is 5.45. The molecule has 1 unspecified atom stereocenters. The van der Waals surface area contributed by atoms with Crippen LogP contribution in [0.2, 0.25) is 0 Å². The van der Waals surface area contributed by atoms with Gasteiger partial charge in [-0.3, -0.25) is 9.52 Å². The van der Waals surface area contributed by atoms with Gasteiger partial charge >= 0.3 is 0 Å². The fourth-order valence-corrected chi connectivity index (χ4v) is 4.92. The fraction of sp³-hybridized carbons (Fsp3) is 0.435. The molecule has 0 aromatic heterocycles. The number of anilines is 1. The normalized spacial score (nSPS) is 18.9. The molecule has 0 saturated carbocycles. The van der Waals surface area contributed by atoms with Gasteiger partial charge in [0.2, 0.25) is 6.10 Å². The predicted octanol–water partition coefficient (Wildman–Crippen LogP) is 3.65. The molecule has 1 atom stereocenters. The van der Waals surface area contributed by atoms with Crippen LogP contribution in [0.3, 0.4) is 0 Å². The van der Waals surface area contributed by atoms with E-state index in [-0.39, 0.29) is 17.4 Å². The molecule has 0 aliphatic carbocycles. The Bertz CT molecular complexity index is 1080. The maximum Gasteiger partial charge on any atom is 0.267 e. The number of likely N-dealkylation sites (tertiary alicyclic amines) is 1. The molecule has 0 radical (unpaired) electrons. The minimum atomic E-state index is -3.79. The number of nitrogens with one attached hydrogen (secondary N) is 1. The van der Waals surface area contributed by atoms with Gasteiger partial charge in [0.1, 0.15) is 6.61 Å². The molecule has 166 valence electrons. The molecule has 1 saturated heterocycles. The molecule has 2 aliphatic heterocycles. The highest BCUT2D eigenvalue weighted by Crippen LogP contribution is 2.35. The first kappa shape index (κ1) is 21.5. The van der Waals surface area contributed by atoms with Gasteiger partial charge in [-0.2, -0.15) is 0 Å². The molecule has 1 amide bonds. The average molecular weight is 445 g/mol. The second-order valence-electron chi connectivity index (χ2n) is 8.17. The van der Waals surface area contributed by atoms with Gasteiger partial charge in [-0.15, -0.1) is 0 Å². The molecule has 7 nitrogen and oxygen atoms in total. The number of carbonyl (C=O) groups excluding carboxylic acids is 1. The molecule has 2 aromatic rings. The Labute approximate surface area is 183 Å². The lowest BCUT2D eigenvalue weighted by Crippen LogP contribution is -2.46. The Morgan fingerprint density at radius 2 is 1.71 bits per heavy atom. The van der Waals surface area contributed by atoms with Crippen molar-refractivity contribution in [3.63, 3.8) is 0 Å². The first-order valence-corrected chi connectivity index (χ1v) is 12.1. The third-order valence-corrected chi connectivity index (χ3v) is 7.22. The lowest BCUT2D eigenvalue weighted by atomic mass is 10.1. The molecule has 0 bridgehead atoms. The molecule has 2 aliphatic rings. The quantitative estimate of drug-likeness (QED) is 0.778. The third-order valence-electron chi connectivity index (χ3n) is 5.84. The van der Waals surface area contributed by atoms with Crippen LogP contribution in [0.5, 0.6) is 11.5 Å². The minimum absolute atomic E-state index is 0.0659. The first-order chi connectivity index (χ1) is 14.8. The lowest BCUT2D eigenvalue weighted by Gasteiger charge is -2.30. The first-order valence-electron chi connectivity index (χ1n) is 10.7. The molecule has 8 heteroatoms. The molecule has 31 heavy (non-hydrogen) atoms. The van der Waals surface area contributed by atoms with Crippen LogP contribution in [-0.4, -0.2) is 45.0 Å². The second kappa shape index (κ2) is 8.78. The SMILES string of the molecule is Cc1ccc(NS(=O)(=O)c2ccc3c(c2)OCC(C(=O)N2CCCCCC2)O3)cc1C. The predicted molar refractivity (Wildman–Crippen MR) is 118 cm³/mol. The van der Waals surface area contributed by atoms with Gasteiger partial charge in [0, 0.05) is 24.8 Å². The Kier molecular flexibility index (Phi) is 6.09. The van der Waals surface area contributed by atoms with Crippen LogP contribution in [-0.2, 0) is 14.8 Å². The van der Waals surface area contributed by atoms with E-state index in [4.69, 9.17) is 9.47 Å². The fourth-order valence-electron chi connectivity index (χ4n) is 3.85. The maximum absolute atomic E-state index is 12.8. The number of ether oxygens (including phenoxy) is 2. The number of fused-ring (bicyclic) bond motifs is 1. The van der Waals surface area contributed by atoms with Gasteiger partial charge in [-0.1, -0.05) is 18.9 Å². The number of benzene rings is 2. The van der Waals surface area contributed by atoms with Gasteiger partial charge in [0.05, 0.1) is 4.90 Å². The van der Waals surface area contributed by atoms with Crippen LogP contribution in [0.4, 0.5) is 5.69 Å². The number of hydrogen-bond acceptors (Lipinski definition) is 5. The highest BCUT2D eigenvalue weighted by Gasteiger charge is 2.32. The molecule has 1 N–H and O–H groups in total. The monoisotopic (exact) mass is 444 g/mol. The lowest BCUT2D eigenvalue weighted by molar-refractivity contribution is -0.141. The van der Waals surface area contributed by atoms with Crippen LogP contribution < -0.4 is 14.2 Å². The summed E-state index contributed by atoms with van der Waals surface area (Å²) in [6, 6.07) is 9.85. The zero-order valence-electron chi connectivity index (χ0n) is 17.9. The number of sulfonamides is 1. The van der Waals surface area contributed by atoms with Gasteiger partial charge in [0.25, 0.3) is 15.9 Å². The Morgan fingerprint density at radius 1 is 0.968 bits per heavy atom. The van der Waals surface area contributed by atoms with E-state index in [0.29, 0.717) is 17.2 Å². The van der Waals surface area contributed by atoms with Gasteiger partial charge in [0.15, 0.2) is 11.5 Å². The summed E-state index contributed by atoms with van der Waals surface area (Å²) in [6.07, 6.45) is 3.58. The van der Waals surface area contributed by atoms with Crippen LogP contribution in [0.15, 0.2) is 41.3 Å². The molecule has 1 fully saturated rings. The van der Waals surface area contributed by atoms with Crippen molar-refractivity contribution in [2.75, 3.05) is 24.4 Å². The van der Waals surface area contributed by atoms with Crippen molar-refractivity contribution < 1.29 is 22.7 Å². The minimum Gasteiger partial charge on any atom is -0.485 e. The number of carbonyl (C=O) groups is 1. The standard InChI is InChI=1S/C23H28N2O5S/c1-16-7-8-18(13-17(16)2)24-31(27,28)19-9-10-20-21(14-19)29-15-22(30-20)23(26)25-11-5-3-4-6-12-25/h7-10,13-14,22,24H,3-6,11-12,15H2,1-2H3. The Morgan fingerprint density at radius 3 is 2.42 bits per heavy atom. The van der Waals surface area contributed by atoms with Crippen LogP contribution in [0, 0.1) is 13.8 Å².